The van der Waals surface area contributed by atoms with E-state index in [1.165, 1.54) is 12.1 Å². The van der Waals surface area contributed by atoms with Crippen molar-refractivity contribution in [2.75, 3.05) is 19.6 Å². The number of rotatable bonds is 14. The first-order chi connectivity index (χ1) is 21.4. The maximum atomic E-state index is 14.3. The molecule has 0 aromatic heterocycles. The number of carbonyl (C=O) groups excluding carboxylic acids is 2. The van der Waals surface area contributed by atoms with Gasteiger partial charge in [0.1, 0.15) is 11.6 Å². The number of hydrogen-bond donors (Lipinski definition) is 4. The molecule has 45 heavy (non-hydrogen) atoms. The van der Waals surface area contributed by atoms with E-state index in [-0.39, 0.29) is 30.9 Å². The van der Waals surface area contributed by atoms with Gasteiger partial charge in [0.25, 0.3) is 0 Å². The van der Waals surface area contributed by atoms with Gasteiger partial charge < -0.3 is 26.2 Å². The third kappa shape index (κ3) is 7.71. The predicted molar refractivity (Wildman–Crippen MR) is 171 cm³/mol. The maximum absolute atomic E-state index is 14.3. The van der Waals surface area contributed by atoms with Crippen LogP contribution in [0.4, 0.5) is 8.78 Å². The summed E-state index contributed by atoms with van der Waals surface area (Å²) in [6.07, 6.45) is 4.18. The lowest BCUT2D eigenvalue weighted by molar-refractivity contribution is -0.132. The molecule has 0 bridgehead atoms. The van der Waals surface area contributed by atoms with E-state index >= 15 is 0 Å². The average Bonchev–Trinajstić information content (AvgIpc) is 3.30. The second-order valence-corrected chi connectivity index (χ2v) is 12.6. The molecule has 2 aliphatic rings. The third-order valence-electron chi connectivity index (χ3n) is 9.20. The van der Waals surface area contributed by atoms with Gasteiger partial charge in [-0.15, -0.1) is 0 Å². The normalized spacial score (nSPS) is 22.3. The van der Waals surface area contributed by atoms with Crippen molar-refractivity contribution in [3.05, 3.63) is 93.6 Å². The number of aliphatic hydroxyl groups excluding tert-OH is 2. The molecule has 0 fully saturated rings. The van der Waals surface area contributed by atoms with Crippen molar-refractivity contribution in [2.24, 2.45) is 17.1 Å². The molecule has 2 aromatic rings. The summed E-state index contributed by atoms with van der Waals surface area (Å²) >= 11 is 0. The molecule has 2 amide bonds. The monoisotopic (exact) mass is 623 g/mol. The van der Waals surface area contributed by atoms with Crippen LogP contribution in [0.3, 0.4) is 0 Å². The summed E-state index contributed by atoms with van der Waals surface area (Å²) in [7, 11) is 0. The molecule has 1 unspecified atom stereocenters. The minimum absolute atomic E-state index is 0.0350. The van der Waals surface area contributed by atoms with E-state index in [1.54, 1.807) is 24.0 Å². The van der Waals surface area contributed by atoms with E-state index < -0.39 is 47.1 Å². The van der Waals surface area contributed by atoms with Gasteiger partial charge in [0.15, 0.2) is 0 Å². The lowest BCUT2D eigenvalue weighted by Gasteiger charge is -2.42. The van der Waals surface area contributed by atoms with E-state index in [2.05, 4.69) is 18.3 Å². The lowest BCUT2D eigenvalue weighted by atomic mass is 9.63. The molecule has 4 rings (SSSR count). The summed E-state index contributed by atoms with van der Waals surface area (Å²) in [4.78, 5) is 29.0. The number of aliphatic hydroxyl groups is 2. The van der Waals surface area contributed by atoms with Crippen molar-refractivity contribution < 1.29 is 28.6 Å². The van der Waals surface area contributed by atoms with E-state index in [0.29, 0.717) is 30.7 Å². The van der Waals surface area contributed by atoms with Crippen LogP contribution in [0, 0.1) is 23.0 Å². The molecular weight excluding hydrogens is 576 g/mol. The zero-order valence-electron chi connectivity index (χ0n) is 26.8. The standard InChI is InChI=1S/C36H47F2N3O4/c1-5-10-41(11-6-2)34(44)26-12-22(4)19-36(20-26,35(39)45)30(16-24-13-27(37)18-28(38)14-24)32(43)21-40-33-29-15-23(7-3)8-9-25(29)17-31(33)42/h8-9,12-15,18-19,30-33,40,42-43H,5-7,10-11,16-17,20-21H2,1-4H3,(H2,39,45)/t30-,31+,32+,33-,36?/m1/s1. The summed E-state index contributed by atoms with van der Waals surface area (Å²) in [6.45, 7) is 8.88. The number of aryl methyl sites for hydroxylation is 1. The number of hydrogen-bond acceptors (Lipinski definition) is 5. The largest absolute Gasteiger partial charge is 0.391 e. The Bertz CT molecular complexity index is 1430. The van der Waals surface area contributed by atoms with Crippen LogP contribution in [0.1, 0.15) is 75.3 Å². The van der Waals surface area contributed by atoms with Crippen molar-refractivity contribution in [3.63, 3.8) is 0 Å². The van der Waals surface area contributed by atoms with Crippen LogP contribution >= 0.6 is 0 Å². The van der Waals surface area contributed by atoms with Crippen LogP contribution in [-0.4, -0.2) is 58.8 Å². The average molecular weight is 624 g/mol. The maximum Gasteiger partial charge on any atom is 0.249 e. The number of benzene rings is 2. The van der Waals surface area contributed by atoms with Crippen LogP contribution < -0.4 is 11.1 Å². The number of carbonyl (C=O) groups is 2. The van der Waals surface area contributed by atoms with Gasteiger partial charge in [-0.2, -0.15) is 0 Å². The van der Waals surface area contributed by atoms with E-state index in [0.717, 1.165) is 42.0 Å². The fraction of sp³-hybridized carbons (Fsp3) is 0.500. The van der Waals surface area contributed by atoms with Crippen LogP contribution in [0.2, 0.25) is 0 Å². The first kappa shape index (κ1) is 34.5. The zero-order chi connectivity index (χ0) is 32.9. The molecule has 5 N–H and O–H groups in total. The molecule has 7 nitrogen and oxygen atoms in total. The molecule has 0 saturated heterocycles. The molecule has 0 saturated carbocycles. The van der Waals surface area contributed by atoms with Crippen LogP contribution in [-0.2, 0) is 28.9 Å². The van der Waals surface area contributed by atoms with E-state index in [9.17, 15) is 28.6 Å². The van der Waals surface area contributed by atoms with Gasteiger partial charge in [-0.25, -0.2) is 8.78 Å². The van der Waals surface area contributed by atoms with Crippen LogP contribution in [0.15, 0.2) is 59.7 Å². The molecular formula is C36H47F2N3O4. The highest BCUT2D eigenvalue weighted by molar-refractivity contribution is 5.97. The molecule has 2 aromatic carbocycles. The van der Waals surface area contributed by atoms with E-state index in [4.69, 9.17) is 5.73 Å². The quantitative estimate of drug-likeness (QED) is 0.244. The van der Waals surface area contributed by atoms with Gasteiger partial charge in [0.05, 0.1) is 23.7 Å². The number of nitrogens with two attached hydrogens (primary N) is 1. The van der Waals surface area contributed by atoms with Crippen molar-refractivity contribution in [2.45, 2.75) is 84.5 Å². The number of amides is 2. The van der Waals surface area contributed by atoms with Gasteiger partial charge in [0.2, 0.25) is 11.8 Å². The van der Waals surface area contributed by atoms with Gasteiger partial charge in [0, 0.05) is 43.6 Å². The Hall–Kier alpha value is -3.40. The molecule has 2 aliphatic carbocycles. The van der Waals surface area contributed by atoms with Crippen LogP contribution in [0.25, 0.3) is 0 Å². The van der Waals surface area contributed by atoms with Gasteiger partial charge in [-0.3, -0.25) is 9.59 Å². The highest BCUT2D eigenvalue weighted by atomic mass is 19.1. The van der Waals surface area contributed by atoms with E-state index in [1.807, 2.05) is 26.0 Å². The molecule has 0 aliphatic heterocycles. The minimum atomic E-state index is -1.53. The second kappa shape index (κ2) is 14.8. The number of nitrogens with one attached hydrogen (secondary N) is 1. The molecule has 244 valence electrons. The Labute approximate surface area is 265 Å². The van der Waals surface area contributed by atoms with Crippen molar-refractivity contribution in [1.82, 2.24) is 10.2 Å². The first-order valence-corrected chi connectivity index (χ1v) is 16.1. The molecule has 0 spiro atoms. The van der Waals surface area contributed by atoms with Gasteiger partial charge >= 0.3 is 0 Å². The Morgan fingerprint density at radius 3 is 2.33 bits per heavy atom. The van der Waals surface area contributed by atoms with Crippen molar-refractivity contribution in [1.29, 1.82) is 0 Å². The molecule has 0 heterocycles. The predicted octanol–water partition coefficient (Wildman–Crippen LogP) is 4.69. The number of fused-ring (bicyclic) bond motifs is 1. The molecule has 5 atom stereocenters. The number of primary amides is 1. The molecule has 9 heteroatoms. The van der Waals surface area contributed by atoms with Gasteiger partial charge in [-0.1, -0.05) is 56.7 Å². The Morgan fingerprint density at radius 1 is 1.07 bits per heavy atom. The van der Waals surface area contributed by atoms with Crippen molar-refractivity contribution >= 4 is 11.8 Å². The lowest BCUT2D eigenvalue weighted by Crippen LogP contribution is -2.52. The summed E-state index contributed by atoms with van der Waals surface area (Å²) < 4.78 is 28.7. The number of halogens is 2. The highest BCUT2D eigenvalue weighted by Crippen LogP contribution is 2.45. The summed E-state index contributed by atoms with van der Waals surface area (Å²) in [6, 6.07) is 8.79. The smallest absolute Gasteiger partial charge is 0.249 e. The third-order valence-corrected chi connectivity index (χ3v) is 9.20. The highest BCUT2D eigenvalue weighted by Gasteiger charge is 2.49. The fourth-order valence-electron chi connectivity index (χ4n) is 7.08. The SMILES string of the molecule is CCCN(CCC)C(=O)C1=CC(C)=CC(C(N)=O)([C@H](Cc2cc(F)cc(F)c2)[C@@H](O)CN[C@@H]2c3cc(CC)ccc3C[C@@H]2O)C1. The van der Waals surface area contributed by atoms with Crippen molar-refractivity contribution in [3.8, 4) is 0 Å². The summed E-state index contributed by atoms with van der Waals surface area (Å²) in [5.74, 6) is -3.44. The number of nitrogens with zero attached hydrogens (tertiary/aromatic N) is 1. The summed E-state index contributed by atoms with van der Waals surface area (Å²) in [5, 5.41) is 26.1. The Balaban J connectivity index is 1.71. The number of allylic oxidation sites excluding steroid dienone is 2. The van der Waals surface area contributed by atoms with Gasteiger partial charge in [-0.05, 0) is 73.4 Å². The molecule has 0 radical (unpaired) electrons. The second-order valence-electron chi connectivity index (χ2n) is 12.6. The minimum Gasteiger partial charge on any atom is -0.391 e. The van der Waals surface area contributed by atoms with Crippen LogP contribution in [0.5, 0.6) is 0 Å². The summed E-state index contributed by atoms with van der Waals surface area (Å²) in [5.41, 5.74) is 9.02. The Kier molecular flexibility index (Phi) is 11.3. The Morgan fingerprint density at radius 2 is 1.73 bits per heavy atom. The first-order valence-electron chi connectivity index (χ1n) is 16.1. The topological polar surface area (TPSA) is 116 Å². The fourth-order valence-corrected chi connectivity index (χ4v) is 7.08. The zero-order valence-corrected chi connectivity index (χ0v) is 26.8.